The molecule has 33 heavy (non-hydrogen) atoms. The van der Waals surface area contributed by atoms with Crippen molar-refractivity contribution in [3.05, 3.63) is 59.2 Å². The maximum atomic E-state index is 12.9. The minimum Gasteiger partial charge on any atom is -0.486 e. The van der Waals surface area contributed by atoms with Crippen molar-refractivity contribution in [1.29, 1.82) is 0 Å². The van der Waals surface area contributed by atoms with E-state index in [1.807, 2.05) is 18.2 Å². The molecule has 0 bridgehead atoms. The Morgan fingerprint density at radius 3 is 2.52 bits per heavy atom. The normalized spacial score (nSPS) is 17.1. The monoisotopic (exact) mass is 462 g/mol. The molecule has 8 heteroatoms. The first-order valence-electron chi connectivity index (χ1n) is 11.4. The number of ether oxygens (including phenoxy) is 2. The van der Waals surface area contributed by atoms with Crippen molar-refractivity contribution in [1.82, 2.24) is 10.2 Å². The van der Waals surface area contributed by atoms with Crippen molar-refractivity contribution >= 4 is 5.91 Å². The third-order valence-corrected chi connectivity index (χ3v) is 6.05. The van der Waals surface area contributed by atoms with Crippen molar-refractivity contribution in [2.45, 2.75) is 31.9 Å². The molecule has 2 aliphatic heterocycles. The summed E-state index contributed by atoms with van der Waals surface area (Å²) >= 11 is 0. The Bertz CT molecular complexity index is 958. The molecule has 2 aliphatic rings. The molecule has 1 unspecified atom stereocenters. The molecule has 2 aromatic carbocycles. The predicted octanol–water partition coefficient (Wildman–Crippen LogP) is 4.09. The molecular weight excluding hydrogens is 433 g/mol. The van der Waals surface area contributed by atoms with Gasteiger partial charge in [0.1, 0.15) is 13.2 Å². The van der Waals surface area contributed by atoms with Crippen LogP contribution in [0, 0.1) is 5.92 Å². The Kier molecular flexibility index (Phi) is 7.42. The summed E-state index contributed by atoms with van der Waals surface area (Å²) < 4.78 is 50.1. The van der Waals surface area contributed by atoms with E-state index in [0.29, 0.717) is 25.3 Å². The molecule has 2 heterocycles. The van der Waals surface area contributed by atoms with Crippen LogP contribution in [0.4, 0.5) is 13.2 Å². The highest BCUT2D eigenvalue weighted by molar-refractivity contribution is 5.78. The fourth-order valence-corrected chi connectivity index (χ4v) is 4.44. The lowest BCUT2D eigenvalue weighted by molar-refractivity contribution is -0.137. The average molecular weight is 463 g/mol. The van der Waals surface area contributed by atoms with Crippen LogP contribution in [-0.2, 0) is 23.8 Å². The van der Waals surface area contributed by atoms with E-state index in [-0.39, 0.29) is 18.2 Å². The number of hydrogen-bond acceptors (Lipinski definition) is 4. The number of carbonyl (C=O) groups excluding carboxylic acids is 1. The Hall–Kier alpha value is -2.74. The summed E-state index contributed by atoms with van der Waals surface area (Å²) in [7, 11) is 0. The van der Waals surface area contributed by atoms with Crippen molar-refractivity contribution < 1.29 is 27.4 Å². The zero-order chi connectivity index (χ0) is 23.3. The van der Waals surface area contributed by atoms with Gasteiger partial charge >= 0.3 is 6.18 Å². The Morgan fingerprint density at radius 2 is 1.76 bits per heavy atom. The lowest BCUT2D eigenvalue weighted by Gasteiger charge is -2.25. The molecule has 0 aromatic heterocycles. The van der Waals surface area contributed by atoms with Gasteiger partial charge in [-0.15, -0.1) is 0 Å². The number of likely N-dealkylation sites (tertiary alicyclic amines) is 1. The van der Waals surface area contributed by atoms with Gasteiger partial charge in [-0.2, -0.15) is 13.2 Å². The summed E-state index contributed by atoms with van der Waals surface area (Å²) in [6.07, 6.45) is -1.38. The first-order chi connectivity index (χ1) is 15.9. The smallest absolute Gasteiger partial charge is 0.416 e. The van der Waals surface area contributed by atoms with Crippen molar-refractivity contribution in [2.75, 3.05) is 39.4 Å². The molecule has 178 valence electrons. The van der Waals surface area contributed by atoms with E-state index in [0.717, 1.165) is 55.3 Å². The second kappa shape index (κ2) is 10.5. The number of amides is 1. The second-order valence-electron chi connectivity index (χ2n) is 8.73. The van der Waals surface area contributed by atoms with Crippen LogP contribution in [0.25, 0.3) is 0 Å². The number of carbonyl (C=O) groups is 1. The maximum Gasteiger partial charge on any atom is 0.416 e. The van der Waals surface area contributed by atoms with Gasteiger partial charge < -0.3 is 19.7 Å². The van der Waals surface area contributed by atoms with Gasteiger partial charge in [-0.3, -0.25) is 4.79 Å². The first kappa shape index (κ1) is 23.4. The van der Waals surface area contributed by atoms with E-state index < -0.39 is 11.7 Å². The molecule has 1 fully saturated rings. The summed E-state index contributed by atoms with van der Waals surface area (Å²) in [6, 6.07) is 10.9. The highest BCUT2D eigenvalue weighted by atomic mass is 19.4. The zero-order valence-electron chi connectivity index (χ0n) is 18.5. The number of nitrogens with one attached hydrogen (secondary N) is 1. The number of benzene rings is 2. The lowest BCUT2D eigenvalue weighted by atomic mass is 9.97. The van der Waals surface area contributed by atoms with E-state index in [1.165, 1.54) is 18.9 Å². The summed E-state index contributed by atoms with van der Waals surface area (Å²) in [5.41, 5.74) is 0.721. The van der Waals surface area contributed by atoms with E-state index in [2.05, 4.69) is 10.2 Å². The molecule has 0 spiro atoms. The van der Waals surface area contributed by atoms with Crippen LogP contribution in [0.2, 0.25) is 0 Å². The maximum absolute atomic E-state index is 12.9. The average Bonchev–Trinajstić information content (AvgIpc) is 3.30. The zero-order valence-corrected chi connectivity index (χ0v) is 18.5. The quantitative estimate of drug-likeness (QED) is 0.642. The largest absolute Gasteiger partial charge is 0.486 e. The number of nitrogens with zero attached hydrogens (tertiary/aromatic N) is 1. The molecule has 1 atom stereocenters. The molecule has 5 nitrogen and oxygen atoms in total. The molecule has 1 N–H and O–H groups in total. The van der Waals surface area contributed by atoms with Crippen LogP contribution in [-0.4, -0.2) is 50.2 Å². The first-order valence-corrected chi connectivity index (χ1v) is 11.4. The van der Waals surface area contributed by atoms with Crippen molar-refractivity contribution in [2.24, 2.45) is 5.92 Å². The molecule has 0 aliphatic carbocycles. The number of fused-ring (bicyclic) bond motifs is 1. The minimum absolute atomic E-state index is 0.0790. The summed E-state index contributed by atoms with van der Waals surface area (Å²) in [6.45, 7) is 4.49. The Morgan fingerprint density at radius 1 is 1.00 bits per heavy atom. The standard InChI is InChI=1S/C25H29F3N2O3/c26-25(27,28)21-5-3-4-18(13-21)15-24(31)29-16-20(17-30-8-1-2-9-30)12-19-6-7-22-23(14-19)33-11-10-32-22/h3-7,13-14,20H,1-2,8-12,15-17H2,(H,29,31). The minimum atomic E-state index is -4.42. The van der Waals surface area contributed by atoms with Gasteiger partial charge in [0.25, 0.3) is 0 Å². The van der Waals surface area contributed by atoms with Gasteiger partial charge in [0.05, 0.1) is 12.0 Å². The predicted molar refractivity (Wildman–Crippen MR) is 118 cm³/mol. The number of hydrogen-bond donors (Lipinski definition) is 1. The fraction of sp³-hybridized carbons (Fsp3) is 0.480. The van der Waals surface area contributed by atoms with E-state index in [1.54, 1.807) is 6.07 Å². The Labute approximate surface area is 191 Å². The second-order valence-corrected chi connectivity index (χ2v) is 8.73. The molecule has 4 rings (SSSR count). The van der Waals surface area contributed by atoms with Crippen LogP contribution < -0.4 is 14.8 Å². The number of alkyl halides is 3. The fourth-order valence-electron chi connectivity index (χ4n) is 4.44. The number of rotatable bonds is 8. The highest BCUT2D eigenvalue weighted by Gasteiger charge is 2.30. The molecule has 0 saturated carbocycles. The topological polar surface area (TPSA) is 50.8 Å². The van der Waals surface area contributed by atoms with Crippen LogP contribution in [0.15, 0.2) is 42.5 Å². The van der Waals surface area contributed by atoms with Gasteiger partial charge in [-0.25, -0.2) is 0 Å². The van der Waals surface area contributed by atoms with Crippen molar-refractivity contribution in [3.8, 4) is 11.5 Å². The summed E-state index contributed by atoms with van der Waals surface area (Å²) in [4.78, 5) is 14.9. The SMILES string of the molecule is O=C(Cc1cccc(C(F)(F)F)c1)NCC(Cc1ccc2c(c1)OCCO2)CN1CCCC1. The van der Waals surface area contributed by atoms with Gasteiger partial charge in [-0.05, 0) is 67.6 Å². The van der Waals surface area contributed by atoms with Crippen LogP contribution in [0.5, 0.6) is 11.5 Å². The lowest BCUT2D eigenvalue weighted by Crippen LogP contribution is -2.37. The molecule has 2 aromatic rings. The number of halogens is 3. The summed E-state index contributed by atoms with van der Waals surface area (Å²) in [5, 5.41) is 2.94. The van der Waals surface area contributed by atoms with E-state index in [4.69, 9.17) is 9.47 Å². The van der Waals surface area contributed by atoms with E-state index in [9.17, 15) is 18.0 Å². The molecule has 0 radical (unpaired) electrons. The molecule has 1 saturated heterocycles. The third-order valence-electron chi connectivity index (χ3n) is 6.05. The van der Waals surface area contributed by atoms with Gasteiger partial charge in [0.2, 0.25) is 5.91 Å². The third kappa shape index (κ3) is 6.63. The van der Waals surface area contributed by atoms with Crippen LogP contribution in [0.3, 0.4) is 0 Å². The summed E-state index contributed by atoms with van der Waals surface area (Å²) in [5.74, 6) is 1.39. The highest BCUT2D eigenvalue weighted by Crippen LogP contribution is 2.32. The Balaban J connectivity index is 1.37. The van der Waals surface area contributed by atoms with Crippen LogP contribution in [0.1, 0.15) is 29.5 Å². The van der Waals surface area contributed by atoms with E-state index >= 15 is 0 Å². The van der Waals surface area contributed by atoms with Crippen molar-refractivity contribution in [3.63, 3.8) is 0 Å². The molecule has 1 amide bonds. The van der Waals surface area contributed by atoms with Crippen LogP contribution >= 0.6 is 0 Å². The van der Waals surface area contributed by atoms with Gasteiger partial charge in [0.15, 0.2) is 11.5 Å². The molecular formula is C25H29F3N2O3. The van der Waals surface area contributed by atoms with Gasteiger partial charge in [0, 0.05) is 13.1 Å². The van der Waals surface area contributed by atoms with Gasteiger partial charge in [-0.1, -0.05) is 24.3 Å².